The van der Waals surface area contributed by atoms with Gasteiger partial charge in [0.05, 0.1) is 35.7 Å². The van der Waals surface area contributed by atoms with Crippen molar-refractivity contribution in [3.8, 4) is 16.4 Å². The molecule has 4 atom stereocenters. The summed E-state index contributed by atoms with van der Waals surface area (Å²) in [4.78, 5) is 13.9. The number of aryl methyl sites for hydroxylation is 1. The maximum Gasteiger partial charge on any atom is 0.308 e. The molecule has 0 aliphatic carbocycles. The minimum Gasteiger partial charge on any atom is -0.491 e. The van der Waals surface area contributed by atoms with E-state index >= 15 is 0 Å². The van der Waals surface area contributed by atoms with Gasteiger partial charge in [0.2, 0.25) is 0 Å². The summed E-state index contributed by atoms with van der Waals surface area (Å²) in [6.45, 7) is 5.62. The van der Waals surface area contributed by atoms with E-state index in [0.717, 1.165) is 22.4 Å². The quantitative estimate of drug-likeness (QED) is 0.132. The molecule has 0 fully saturated rings. The van der Waals surface area contributed by atoms with Crippen molar-refractivity contribution in [1.82, 2.24) is 0 Å². The fourth-order valence-corrected chi connectivity index (χ4v) is 5.10. The predicted molar refractivity (Wildman–Crippen MR) is 152 cm³/mol. The highest BCUT2D eigenvalue weighted by Gasteiger charge is 2.25. The zero-order valence-corrected chi connectivity index (χ0v) is 23.9. The molecular formula is C30H42O8S. The summed E-state index contributed by atoms with van der Waals surface area (Å²) >= 11 is 1.74. The summed E-state index contributed by atoms with van der Waals surface area (Å²) in [6.07, 6.45) is 0.140. The summed E-state index contributed by atoms with van der Waals surface area (Å²) in [6, 6.07) is 11.7. The highest BCUT2D eigenvalue weighted by molar-refractivity contribution is 7.15. The van der Waals surface area contributed by atoms with E-state index in [0.29, 0.717) is 17.8 Å². The van der Waals surface area contributed by atoms with Gasteiger partial charge in [-0.25, -0.2) is 0 Å². The van der Waals surface area contributed by atoms with Crippen molar-refractivity contribution in [2.75, 3.05) is 13.2 Å². The van der Waals surface area contributed by atoms with Gasteiger partial charge in [0.1, 0.15) is 29.8 Å². The number of benzene rings is 1. The number of esters is 1. The molecule has 2 heterocycles. The van der Waals surface area contributed by atoms with Gasteiger partial charge in [0.25, 0.3) is 0 Å². The van der Waals surface area contributed by atoms with Crippen LogP contribution in [0.25, 0.3) is 21.6 Å². The van der Waals surface area contributed by atoms with E-state index in [1.807, 2.05) is 12.1 Å². The number of carbonyl (C=O) groups excluding carboxylic acids is 1. The Hall–Kier alpha value is -2.43. The standard InChI is InChI=1S/C30H42O8S/c1-4-5-6-8-22-12-13-29(39-22)28-15-20-10-11-21(16-27(20)38-28)37-18-26(34)25(33)17-24(32)23(31)9-7-14-36-30(35)19(2)3/h10-13,15-16,19,23-26,31-34H,4-9,14,17-18H2,1-3H3. The van der Waals surface area contributed by atoms with Crippen LogP contribution in [-0.2, 0) is 16.0 Å². The van der Waals surface area contributed by atoms with Crippen LogP contribution in [0.15, 0.2) is 40.8 Å². The lowest BCUT2D eigenvalue weighted by molar-refractivity contribution is -0.147. The summed E-state index contributed by atoms with van der Waals surface area (Å²) in [5.41, 5.74) is 0.663. The molecule has 0 radical (unpaired) electrons. The number of furan rings is 1. The molecule has 4 N–H and O–H groups in total. The molecule has 0 aliphatic heterocycles. The molecular weight excluding hydrogens is 520 g/mol. The number of carbonyl (C=O) groups is 1. The van der Waals surface area contributed by atoms with Gasteiger partial charge in [-0.05, 0) is 56.0 Å². The second-order valence-electron chi connectivity index (χ2n) is 10.3. The number of hydrogen-bond donors (Lipinski definition) is 4. The summed E-state index contributed by atoms with van der Waals surface area (Å²) in [5, 5.41) is 41.9. The summed E-state index contributed by atoms with van der Waals surface area (Å²) in [5.74, 6) is 0.745. The smallest absolute Gasteiger partial charge is 0.308 e. The number of ether oxygens (including phenoxy) is 2. The Balaban J connectivity index is 1.45. The average Bonchev–Trinajstić information content (AvgIpc) is 3.56. The van der Waals surface area contributed by atoms with E-state index in [4.69, 9.17) is 13.9 Å². The molecule has 39 heavy (non-hydrogen) atoms. The molecule has 0 bridgehead atoms. The van der Waals surface area contributed by atoms with Crippen molar-refractivity contribution in [3.63, 3.8) is 0 Å². The van der Waals surface area contributed by atoms with Crippen LogP contribution in [0.5, 0.6) is 5.75 Å². The zero-order chi connectivity index (χ0) is 28.4. The first kappa shape index (κ1) is 31.1. The number of thiophene rings is 1. The zero-order valence-electron chi connectivity index (χ0n) is 23.0. The lowest BCUT2D eigenvalue weighted by Crippen LogP contribution is -2.38. The van der Waals surface area contributed by atoms with E-state index in [-0.39, 0.29) is 37.9 Å². The Labute approximate surface area is 234 Å². The van der Waals surface area contributed by atoms with Crippen molar-refractivity contribution in [3.05, 3.63) is 41.3 Å². The van der Waals surface area contributed by atoms with Crippen molar-refractivity contribution in [1.29, 1.82) is 0 Å². The molecule has 216 valence electrons. The number of aliphatic hydroxyl groups excluding tert-OH is 4. The lowest BCUT2D eigenvalue weighted by atomic mass is 10.0. The van der Waals surface area contributed by atoms with E-state index in [1.165, 1.54) is 24.1 Å². The van der Waals surface area contributed by atoms with Crippen LogP contribution in [0.3, 0.4) is 0 Å². The van der Waals surface area contributed by atoms with Gasteiger partial charge in [-0.15, -0.1) is 11.3 Å². The Kier molecular flexibility index (Phi) is 12.3. The van der Waals surface area contributed by atoms with Crippen LogP contribution in [0.4, 0.5) is 0 Å². The first-order valence-corrected chi connectivity index (χ1v) is 14.6. The highest BCUT2D eigenvalue weighted by atomic mass is 32.1. The van der Waals surface area contributed by atoms with Crippen LogP contribution >= 0.6 is 11.3 Å². The van der Waals surface area contributed by atoms with Gasteiger partial charge >= 0.3 is 5.97 Å². The molecule has 3 rings (SSSR count). The second kappa shape index (κ2) is 15.4. The fraction of sp³-hybridized carbons (Fsp3) is 0.567. The third kappa shape index (κ3) is 9.61. The number of rotatable bonds is 17. The van der Waals surface area contributed by atoms with Crippen LogP contribution in [0.1, 0.15) is 64.2 Å². The molecule has 1 aromatic carbocycles. The van der Waals surface area contributed by atoms with Crippen molar-refractivity contribution in [2.45, 2.75) is 90.1 Å². The molecule has 0 aliphatic rings. The fourth-order valence-electron chi connectivity index (χ4n) is 4.10. The van der Waals surface area contributed by atoms with Gasteiger partial charge < -0.3 is 34.3 Å². The normalized spacial score (nSPS) is 14.9. The molecule has 2 aromatic heterocycles. The number of aliphatic hydroxyl groups is 4. The minimum absolute atomic E-state index is 0.148. The van der Waals surface area contributed by atoms with Crippen LogP contribution in [-0.4, -0.2) is 64.0 Å². The van der Waals surface area contributed by atoms with Crippen LogP contribution < -0.4 is 4.74 Å². The number of hydrogen-bond acceptors (Lipinski definition) is 9. The Bertz CT molecular complexity index is 1150. The van der Waals surface area contributed by atoms with Gasteiger partial charge in [-0.2, -0.15) is 0 Å². The average molecular weight is 563 g/mol. The second-order valence-corrected chi connectivity index (χ2v) is 11.5. The van der Waals surface area contributed by atoms with Crippen molar-refractivity contribution >= 4 is 28.3 Å². The molecule has 9 heteroatoms. The van der Waals surface area contributed by atoms with Crippen LogP contribution in [0.2, 0.25) is 0 Å². The minimum atomic E-state index is -1.29. The molecule has 0 saturated heterocycles. The lowest BCUT2D eigenvalue weighted by Gasteiger charge is -2.23. The Morgan fingerprint density at radius 3 is 2.46 bits per heavy atom. The summed E-state index contributed by atoms with van der Waals surface area (Å²) < 4.78 is 16.8. The first-order chi connectivity index (χ1) is 18.7. The Morgan fingerprint density at radius 2 is 1.72 bits per heavy atom. The van der Waals surface area contributed by atoms with Gasteiger partial charge in [-0.1, -0.05) is 33.6 Å². The largest absolute Gasteiger partial charge is 0.491 e. The highest BCUT2D eigenvalue weighted by Crippen LogP contribution is 2.34. The maximum atomic E-state index is 11.5. The molecule has 0 spiro atoms. The van der Waals surface area contributed by atoms with Crippen molar-refractivity contribution in [2.24, 2.45) is 5.92 Å². The molecule has 8 nitrogen and oxygen atoms in total. The van der Waals surface area contributed by atoms with Gasteiger partial charge in [0.15, 0.2) is 0 Å². The molecule has 0 saturated carbocycles. The number of unbranched alkanes of at least 4 members (excludes halogenated alkanes) is 2. The third-order valence-corrected chi connectivity index (χ3v) is 7.73. The molecule has 3 aromatic rings. The van der Waals surface area contributed by atoms with E-state index < -0.39 is 24.4 Å². The van der Waals surface area contributed by atoms with Gasteiger partial charge in [-0.3, -0.25) is 4.79 Å². The molecule has 4 unspecified atom stereocenters. The van der Waals surface area contributed by atoms with E-state index in [2.05, 4.69) is 19.1 Å². The topological polar surface area (TPSA) is 130 Å². The maximum absolute atomic E-state index is 11.5. The predicted octanol–water partition coefficient (Wildman–Crippen LogP) is 5.09. The third-order valence-electron chi connectivity index (χ3n) is 6.57. The van der Waals surface area contributed by atoms with Crippen LogP contribution in [0, 0.1) is 5.92 Å². The SMILES string of the molecule is CCCCCc1ccc(-c2cc3ccc(OCC(O)C(O)CC(O)C(O)CCCOC(=O)C(C)C)cc3o2)s1. The summed E-state index contributed by atoms with van der Waals surface area (Å²) in [7, 11) is 0. The van der Waals surface area contributed by atoms with E-state index in [1.54, 1.807) is 37.3 Å². The first-order valence-electron chi connectivity index (χ1n) is 13.8. The number of fused-ring (bicyclic) bond motifs is 1. The monoisotopic (exact) mass is 562 g/mol. The molecule has 0 amide bonds. The van der Waals surface area contributed by atoms with E-state index in [9.17, 15) is 25.2 Å². The van der Waals surface area contributed by atoms with Crippen molar-refractivity contribution < 1.29 is 39.1 Å². The van der Waals surface area contributed by atoms with Gasteiger partial charge in [0, 0.05) is 22.8 Å². The Morgan fingerprint density at radius 1 is 0.949 bits per heavy atom.